The molecular formula is C17H23N3O. The number of aromatic nitrogens is 2. The summed E-state index contributed by atoms with van der Waals surface area (Å²) in [5, 5.41) is 3.28. The van der Waals surface area contributed by atoms with Gasteiger partial charge in [0.15, 0.2) is 5.82 Å². The Labute approximate surface area is 126 Å². The first kappa shape index (κ1) is 15.4. The first-order valence-corrected chi connectivity index (χ1v) is 7.35. The van der Waals surface area contributed by atoms with Crippen molar-refractivity contribution < 1.29 is 4.74 Å². The van der Waals surface area contributed by atoms with Crippen molar-refractivity contribution in [3.05, 3.63) is 41.6 Å². The molecule has 112 valence electrons. The molecule has 1 N–H and O–H groups in total. The fraction of sp³-hybridized carbons (Fsp3) is 0.412. The Morgan fingerprint density at radius 2 is 2.00 bits per heavy atom. The minimum Gasteiger partial charge on any atom is -0.380 e. The number of hydrogen-bond acceptors (Lipinski definition) is 4. The van der Waals surface area contributed by atoms with Crippen LogP contribution in [0.25, 0.3) is 11.4 Å². The minimum absolute atomic E-state index is 0.367. The standard InChI is InChI=1S/C17H23N3O/c1-5-18-16-10-15(12(2)3)19-17(20-16)14-8-6-7-13(9-14)11-21-4/h6-10,12H,5,11H2,1-4H3,(H,18,19,20). The van der Waals surface area contributed by atoms with Gasteiger partial charge >= 0.3 is 0 Å². The van der Waals surface area contributed by atoms with E-state index in [4.69, 9.17) is 9.72 Å². The Morgan fingerprint density at radius 3 is 2.67 bits per heavy atom. The van der Waals surface area contributed by atoms with E-state index in [2.05, 4.69) is 37.1 Å². The van der Waals surface area contributed by atoms with Crippen LogP contribution >= 0.6 is 0 Å². The lowest BCUT2D eigenvalue weighted by Crippen LogP contribution is -2.05. The molecule has 0 saturated heterocycles. The third-order valence-electron chi connectivity index (χ3n) is 3.19. The van der Waals surface area contributed by atoms with E-state index < -0.39 is 0 Å². The normalized spacial score (nSPS) is 10.9. The van der Waals surface area contributed by atoms with Crippen molar-refractivity contribution in [1.82, 2.24) is 9.97 Å². The minimum atomic E-state index is 0.367. The van der Waals surface area contributed by atoms with Gasteiger partial charge in [0.25, 0.3) is 0 Å². The lowest BCUT2D eigenvalue weighted by atomic mass is 10.1. The van der Waals surface area contributed by atoms with Crippen LogP contribution in [-0.2, 0) is 11.3 Å². The number of nitrogens with one attached hydrogen (secondary N) is 1. The second-order valence-corrected chi connectivity index (χ2v) is 5.32. The van der Waals surface area contributed by atoms with Gasteiger partial charge in [0.1, 0.15) is 5.82 Å². The largest absolute Gasteiger partial charge is 0.380 e. The van der Waals surface area contributed by atoms with E-state index >= 15 is 0 Å². The molecule has 0 aliphatic rings. The molecule has 1 aromatic heterocycles. The summed E-state index contributed by atoms with van der Waals surface area (Å²) >= 11 is 0. The molecule has 1 heterocycles. The molecule has 0 aliphatic carbocycles. The molecule has 0 aliphatic heterocycles. The number of rotatable bonds is 6. The van der Waals surface area contributed by atoms with Gasteiger partial charge in [0.05, 0.1) is 6.61 Å². The van der Waals surface area contributed by atoms with Crippen molar-refractivity contribution in [2.24, 2.45) is 0 Å². The number of benzene rings is 1. The molecule has 0 saturated carbocycles. The number of methoxy groups -OCH3 is 1. The van der Waals surface area contributed by atoms with Crippen LogP contribution in [0, 0.1) is 0 Å². The fourth-order valence-electron chi connectivity index (χ4n) is 2.13. The summed E-state index contributed by atoms with van der Waals surface area (Å²) in [6.07, 6.45) is 0. The molecule has 21 heavy (non-hydrogen) atoms. The Balaban J connectivity index is 2.44. The van der Waals surface area contributed by atoms with Crippen molar-refractivity contribution >= 4 is 5.82 Å². The molecule has 0 atom stereocenters. The Kier molecular flexibility index (Phi) is 5.28. The van der Waals surface area contributed by atoms with Crippen LogP contribution in [0.15, 0.2) is 30.3 Å². The zero-order chi connectivity index (χ0) is 15.2. The van der Waals surface area contributed by atoms with Crippen molar-refractivity contribution in [3.63, 3.8) is 0 Å². The molecule has 4 nitrogen and oxygen atoms in total. The van der Waals surface area contributed by atoms with Crippen molar-refractivity contribution in [1.29, 1.82) is 0 Å². The Hall–Kier alpha value is -1.94. The number of hydrogen-bond donors (Lipinski definition) is 1. The average molecular weight is 285 g/mol. The zero-order valence-corrected chi connectivity index (χ0v) is 13.2. The van der Waals surface area contributed by atoms with Crippen LogP contribution < -0.4 is 5.32 Å². The number of ether oxygens (including phenoxy) is 1. The van der Waals surface area contributed by atoms with Gasteiger partial charge in [-0.05, 0) is 24.5 Å². The topological polar surface area (TPSA) is 47.0 Å². The molecule has 2 aromatic rings. The molecule has 0 radical (unpaired) electrons. The second-order valence-electron chi connectivity index (χ2n) is 5.32. The van der Waals surface area contributed by atoms with Crippen LogP contribution in [0.5, 0.6) is 0 Å². The van der Waals surface area contributed by atoms with Gasteiger partial charge in [-0.15, -0.1) is 0 Å². The Morgan fingerprint density at radius 1 is 1.19 bits per heavy atom. The molecular weight excluding hydrogens is 262 g/mol. The van der Waals surface area contributed by atoms with E-state index in [1.54, 1.807) is 7.11 Å². The first-order valence-electron chi connectivity index (χ1n) is 7.35. The lowest BCUT2D eigenvalue weighted by Gasteiger charge is -2.11. The summed E-state index contributed by atoms with van der Waals surface area (Å²) in [5.74, 6) is 2.00. The monoisotopic (exact) mass is 285 g/mol. The van der Waals surface area contributed by atoms with Crippen LogP contribution in [0.2, 0.25) is 0 Å². The van der Waals surface area contributed by atoms with E-state index in [9.17, 15) is 0 Å². The average Bonchev–Trinajstić information content (AvgIpc) is 2.48. The van der Waals surface area contributed by atoms with Gasteiger partial charge in [-0.25, -0.2) is 9.97 Å². The second kappa shape index (κ2) is 7.18. The van der Waals surface area contributed by atoms with Crippen molar-refractivity contribution in [3.8, 4) is 11.4 Å². The smallest absolute Gasteiger partial charge is 0.161 e. The van der Waals surface area contributed by atoms with E-state index in [0.29, 0.717) is 12.5 Å². The van der Waals surface area contributed by atoms with Gasteiger partial charge in [-0.3, -0.25) is 0 Å². The predicted octanol–water partition coefficient (Wildman–Crippen LogP) is 3.85. The molecule has 2 rings (SSSR count). The third-order valence-corrected chi connectivity index (χ3v) is 3.19. The van der Waals surface area contributed by atoms with Gasteiger partial charge in [-0.1, -0.05) is 32.0 Å². The predicted molar refractivity (Wildman–Crippen MR) is 86.4 cm³/mol. The summed E-state index contributed by atoms with van der Waals surface area (Å²) in [6, 6.07) is 10.2. The maximum Gasteiger partial charge on any atom is 0.161 e. The van der Waals surface area contributed by atoms with Gasteiger partial charge in [0, 0.05) is 31.0 Å². The van der Waals surface area contributed by atoms with E-state index in [-0.39, 0.29) is 0 Å². The summed E-state index contributed by atoms with van der Waals surface area (Å²) in [4.78, 5) is 9.31. The zero-order valence-electron chi connectivity index (χ0n) is 13.2. The summed E-state index contributed by atoms with van der Waals surface area (Å²) in [7, 11) is 1.70. The van der Waals surface area contributed by atoms with Crippen molar-refractivity contribution in [2.75, 3.05) is 19.0 Å². The fourth-order valence-corrected chi connectivity index (χ4v) is 2.13. The quantitative estimate of drug-likeness (QED) is 0.876. The van der Waals surface area contributed by atoms with E-state index in [1.807, 2.05) is 24.3 Å². The van der Waals surface area contributed by atoms with E-state index in [1.165, 1.54) is 0 Å². The van der Waals surface area contributed by atoms with E-state index in [0.717, 1.165) is 35.0 Å². The highest BCUT2D eigenvalue weighted by Gasteiger charge is 2.09. The maximum absolute atomic E-state index is 5.19. The lowest BCUT2D eigenvalue weighted by molar-refractivity contribution is 0.185. The Bertz CT molecular complexity index is 596. The summed E-state index contributed by atoms with van der Waals surface area (Å²) in [5.41, 5.74) is 3.19. The first-order chi connectivity index (χ1) is 10.1. The van der Waals surface area contributed by atoms with Crippen molar-refractivity contribution in [2.45, 2.75) is 33.3 Å². The highest BCUT2D eigenvalue weighted by molar-refractivity contribution is 5.58. The molecule has 0 unspecified atom stereocenters. The van der Waals surface area contributed by atoms with Crippen LogP contribution in [0.1, 0.15) is 37.9 Å². The van der Waals surface area contributed by atoms with Crippen LogP contribution in [0.4, 0.5) is 5.82 Å². The molecule has 0 fully saturated rings. The molecule has 0 amide bonds. The van der Waals surface area contributed by atoms with Gasteiger partial charge in [-0.2, -0.15) is 0 Å². The van der Waals surface area contributed by atoms with Crippen LogP contribution in [0.3, 0.4) is 0 Å². The molecule has 4 heteroatoms. The number of anilines is 1. The molecule has 0 bridgehead atoms. The SMILES string of the molecule is CCNc1cc(C(C)C)nc(-c2cccc(COC)c2)n1. The maximum atomic E-state index is 5.19. The molecule has 1 aromatic carbocycles. The molecule has 0 spiro atoms. The number of nitrogens with zero attached hydrogens (tertiary/aromatic N) is 2. The van der Waals surface area contributed by atoms with Gasteiger partial charge in [0.2, 0.25) is 0 Å². The van der Waals surface area contributed by atoms with Gasteiger partial charge < -0.3 is 10.1 Å². The van der Waals surface area contributed by atoms with Crippen LogP contribution in [-0.4, -0.2) is 23.6 Å². The highest BCUT2D eigenvalue weighted by atomic mass is 16.5. The third kappa shape index (κ3) is 4.02. The summed E-state index contributed by atoms with van der Waals surface area (Å²) < 4.78 is 5.19. The highest BCUT2D eigenvalue weighted by Crippen LogP contribution is 2.22. The summed E-state index contributed by atoms with van der Waals surface area (Å²) in [6.45, 7) is 7.79.